The summed E-state index contributed by atoms with van der Waals surface area (Å²) < 4.78 is 6.30. The Balaban J connectivity index is 1.51. The highest BCUT2D eigenvalue weighted by Crippen LogP contribution is 2.29. The first-order valence-electron chi connectivity index (χ1n) is 10.9. The lowest BCUT2D eigenvalue weighted by molar-refractivity contribution is 0.259. The van der Waals surface area contributed by atoms with E-state index in [2.05, 4.69) is 84.7 Å². The second-order valence-electron chi connectivity index (χ2n) is 8.10. The first-order chi connectivity index (χ1) is 14.2. The molecule has 3 nitrogen and oxygen atoms in total. The van der Waals surface area contributed by atoms with Gasteiger partial charge in [0.1, 0.15) is 12.4 Å². The number of nitrogens with one attached hydrogen (secondary N) is 1. The van der Waals surface area contributed by atoms with Gasteiger partial charge in [0.25, 0.3) is 0 Å². The van der Waals surface area contributed by atoms with E-state index < -0.39 is 0 Å². The first-order valence-corrected chi connectivity index (χ1v) is 10.9. The van der Waals surface area contributed by atoms with Gasteiger partial charge in [0, 0.05) is 24.7 Å². The number of ether oxygens (including phenoxy) is 1. The van der Waals surface area contributed by atoms with Crippen LogP contribution >= 0.6 is 0 Å². The maximum absolute atomic E-state index is 6.30. The molecule has 0 spiro atoms. The summed E-state index contributed by atoms with van der Waals surface area (Å²) in [4.78, 5) is 2.59. The van der Waals surface area contributed by atoms with Crippen molar-refractivity contribution >= 4 is 10.8 Å². The quantitative estimate of drug-likeness (QED) is 0.567. The van der Waals surface area contributed by atoms with E-state index in [9.17, 15) is 0 Å². The van der Waals surface area contributed by atoms with Crippen LogP contribution in [0, 0.1) is 6.92 Å². The van der Waals surface area contributed by atoms with Crippen molar-refractivity contribution in [1.82, 2.24) is 10.2 Å². The maximum atomic E-state index is 6.30. The first kappa shape index (κ1) is 19.9. The van der Waals surface area contributed by atoms with E-state index in [-0.39, 0.29) is 0 Å². The molecule has 1 atom stereocenters. The largest absolute Gasteiger partial charge is 0.489 e. The van der Waals surface area contributed by atoms with E-state index in [0.29, 0.717) is 12.6 Å². The van der Waals surface area contributed by atoms with Crippen molar-refractivity contribution in [3.05, 3.63) is 77.4 Å². The molecule has 0 aromatic heterocycles. The van der Waals surface area contributed by atoms with E-state index in [0.717, 1.165) is 25.4 Å². The van der Waals surface area contributed by atoms with Crippen LogP contribution in [-0.4, -0.2) is 30.6 Å². The van der Waals surface area contributed by atoms with Crippen LogP contribution in [-0.2, 0) is 13.2 Å². The monoisotopic (exact) mass is 388 g/mol. The fourth-order valence-corrected chi connectivity index (χ4v) is 4.50. The molecule has 0 amide bonds. The minimum atomic E-state index is 0.596. The summed E-state index contributed by atoms with van der Waals surface area (Å²) in [6, 6.07) is 22.1. The third-order valence-electron chi connectivity index (χ3n) is 6.06. The van der Waals surface area contributed by atoms with Crippen LogP contribution < -0.4 is 10.1 Å². The lowest BCUT2D eigenvalue weighted by atomic mass is 10.0. The molecule has 152 valence electrons. The second kappa shape index (κ2) is 9.43. The summed E-state index contributed by atoms with van der Waals surface area (Å²) in [6.45, 7) is 9.23. The molecule has 1 aliphatic rings. The Morgan fingerprint density at radius 2 is 1.97 bits per heavy atom. The summed E-state index contributed by atoms with van der Waals surface area (Å²) >= 11 is 0. The molecule has 3 heteroatoms. The van der Waals surface area contributed by atoms with Crippen LogP contribution in [0.25, 0.3) is 10.8 Å². The van der Waals surface area contributed by atoms with Crippen LogP contribution in [0.4, 0.5) is 0 Å². The highest BCUT2D eigenvalue weighted by atomic mass is 16.5. The number of likely N-dealkylation sites (N-methyl/N-ethyl adjacent to an activating group) is 1. The third kappa shape index (κ3) is 4.80. The molecular weight excluding hydrogens is 356 g/mol. The lowest BCUT2D eigenvalue weighted by Crippen LogP contribution is -2.37. The third-order valence-corrected chi connectivity index (χ3v) is 6.06. The summed E-state index contributed by atoms with van der Waals surface area (Å²) in [6.07, 6.45) is 2.62. The topological polar surface area (TPSA) is 24.5 Å². The standard InChI is InChI=1S/C26H32N2O/c1-3-28-15-7-11-23(28)17-27-18-25-24-12-5-4-10-22(24)13-14-26(25)29-19-21-9-6-8-20(2)16-21/h4-6,8-10,12-14,16,23,27H,3,7,11,15,17-19H2,1-2H3. The number of fused-ring (bicyclic) bond motifs is 1. The summed E-state index contributed by atoms with van der Waals surface area (Å²) in [5, 5.41) is 6.27. The molecule has 1 N–H and O–H groups in total. The predicted octanol–water partition coefficient (Wildman–Crippen LogP) is 5.30. The SMILES string of the molecule is CCN1CCCC1CNCc1c(OCc2cccc(C)c2)ccc2ccccc12. The molecule has 1 aliphatic heterocycles. The Labute approximate surface area is 174 Å². The van der Waals surface area contributed by atoms with Crippen molar-refractivity contribution < 1.29 is 4.74 Å². The molecule has 1 saturated heterocycles. The molecule has 4 rings (SSSR count). The zero-order valence-electron chi connectivity index (χ0n) is 17.7. The van der Waals surface area contributed by atoms with E-state index >= 15 is 0 Å². The Bertz CT molecular complexity index is 952. The molecular formula is C26H32N2O. The van der Waals surface area contributed by atoms with E-state index in [1.54, 1.807) is 0 Å². The van der Waals surface area contributed by atoms with Crippen LogP contribution in [0.15, 0.2) is 60.7 Å². The van der Waals surface area contributed by atoms with Gasteiger partial charge in [-0.15, -0.1) is 0 Å². The van der Waals surface area contributed by atoms with Crippen molar-refractivity contribution in [3.8, 4) is 5.75 Å². The number of rotatable bonds is 8. The van der Waals surface area contributed by atoms with Gasteiger partial charge in [-0.25, -0.2) is 0 Å². The summed E-state index contributed by atoms with van der Waals surface area (Å²) in [7, 11) is 0. The van der Waals surface area contributed by atoms with Gasteiger partial charge in [0.2, 0.25) is 0 Å². The number of likely N-dealkylation sites (tertiary alicyclic amines) is 1. The van der Waals surface area contributed by atoms with Gasteiger partial charge in [0.15, 0.2) is 0 Å². The molecule has 0 saturated carbocycles. The van der Waals surface area contributed by atoms with E-state index in [1.165, 1.54) is 46.8 Å². The minimum Gasteiger partial charge on any atom is -0.489 e. The van der Waals surface area contributed by atoms with Crippen LogP contribution in [0.2, 0.25) is 0 Å². The lowest BCUT2D eigenvalue weighted by Gasteiger charge is -2.23. The van der Waals surface area contributed by atoms with Gasteiger partial charge in [-0.2, -0.15) is 0 Å². The minimum absolute atomic E-state index is 0.596. The number of hydrogen-bond donors (Lipinski definition) is 1. The molecule has 0 bridgehead atoms. The highest BCUT2D eigenvalue weighted by Gasteiger charge is 2.22. The van der Waals surface area contributed by atoms with Gasteiger partial charge in [-0.1, -0.05) is 67.1 Å². The molecule has 0 radical (unpaired) electrons. The van der Waals surface area contributed by atoms with Crippen LogP contribution in [0.1, 0.15) is 36.5 Å². The Hall–Kier alpha value is -2.36. The predicted molar refractivity (Wildman–Crippen MR) is 121 cm³/mol. The molecule has 3 aromatic carbocycles. The zero-order chi connectivity index (χ0) is 20.1. The van der Waals surface area contributed by atoms with Crippen molar-refractivity contribution in [2.45, 2.75) is 45.9 Å². The average molecular weight is 389 g/mol. The van der Waals surface area contributed by atoms with E-state index in [4.69, 9.17) is 4.74 Å². The fraction of sp³-hybridized carbons (Fsp3) is 0.385. The van der Waals surface area contributed by atoms with Crippen molar-refractivity contribution in [2.24, 2.45) is 0 Å². The number of nitrogens with zero attached hydrogens (tertiary/aromatic N) is 1. The van der Waals surface area contributed by atoms with Gasteiger partial charge >= 0.3 is 0 Å². The van der Waals surface area contributed by atoms with Crippen molar-refractivity contribution in [2.75, 3.05) is 19.6 Å². The van der Waals surface area contributed by atoms with Gasteiger partial charge in [-0.05, 0) is 55.3 Å². The molecule has 3 aromatic rings. The Kier molecular flexibility index (Phi) is 6.48. The highest BCUT2D eigenvalue weighted by molar-refractivity contribution is 5.87. The van der Waals surface area contributed by atoms with Crippen molar-refractivity contribution in [3.63, 3.8) is 0 Å². The molecule has 0 aliphatic carbocycles. The maximum Gasteiger partial charge on any atom is 0.124 e. The second-order valence-corrected chi connectivity index (χ2v) is 8.10. The van der Waals surface area contributed by atoms with Crippen LogP contribution in [0.3, 0.4) is 0 Å². The number of benzene rings is 3. The van der Waals surface area contributed by atoms with Gasteiger partial charge in [0.05, 0.1) is 0 Å². The Morgan fingerprint density at radius 3 is 2.83 bits per heavy atom. The fourth-order valence-electron chi connectivity index (χ4n) is 4.50. The molecule has 1 fully saturated rings. The van der Waals surface area contributed by atoms with Crippen molar-refractivity contribution in [1.29, 1.82) is 0 Å². The molecule has 1 unspecified atom stereocenters. The number of hydrogen-bond acceptors (Lipinski definition) is 3. The average Bonchev–Trinajstić information content (AvgIpc) is 3.20. The van der Waals surface area contributed by atoms with Gasteiger partial charge in [-0.3, -0.25) is 4.90 Å². The smallest absolute Gasteiger partial charge is 0.124 e. The summed E-state index contributed by atoms with van der Waals surface area (Å²) in [5.41, 5.74) is 3.74. The van der Waals surface area contributed by atoms with E-state index in [1.807, 2.05) is 0 Å². The molecule has 29 heavy (non-hydrogen) atoms. The normalized spacial score (nSPS) is 17.1. The Morgan fingerprint density at radius 1 is 1.07 bits per heavy atom. The molecule has 1 heterocycles. The summed E-state index contributed by atoms with van der Waals surface area (Å²) in [5.74, 6) is 0.983. The zero-order valence-corrected chi connectivity index (χ0v) is 17.7. The number of aryl methyl sites for hydroxylation is 1. The van der Waals surface area contributed by atoms with Crippen LogP contribution in [0.5, 0.6) is 5.75 Å². The van der Waals surface area contributed by atoms with Gasteiger partial charge < -0.3 is 10.1 Å².